The van der Waals surface area contributed by atoms with Crippen LogP contribution in [0.3, 0.4) is 0 Å². The van der Waals surface area contributed by atoms with Gasteiger partial charge < -0.3 is 9.80 Å². The molecule has 8 nitrogen and oxygen atoms in total. The van der Waals surface area contributed by atoms with Gasteiger partial charge in [0, 0.05) is 55.3 Å². The SMILES string of the molecule is O=C(c1ccc([N+](=O)[O-])cc1)N1CCN(C(=O)c2ccc(CN3CCCCCC3)s2)CC1. The molecule has 0 spiro atoms. The molecule has 0 saturated carbocycles. The number of benzene rings is 1. The van der Waals surface area contributed by atoms with Crippen LogP contribution in [-0.2, 0) is 6.54 Å². The van der Waals surface area contributed by atoms with Crippen molar-refractivity contribution in [3.63, 3.8) is 0 Å². The predicted molar refractivity (Wildman–Crippen MR) is 123 cm³/mol. The molecule has 4 rings (SSSR count). The smallest absolute Gasteiger partial charge is 0.269 e. The Labute approximate surface area is 191 Å². The van der Waals surface area contributed by atoms with Gasteiger partial charge in [0.2, 0.25) is 0 Å². The minimum absolute atomic E-state index is 0.0274. The van der Waals surface area contributed by atoms with Crippen LogP contribution in [0.5, 0.6) is 0 Å². The molecule has 2 saturated heterocycles. The van der Waals surface area contributed by atoms with Crippen LogP contribution in [0.1, 0.15) is 50.6 Å². The Morgan fingerprint density at radius 1 is 0.812 bits per heavy atom. The van der Waals surface area contributed by atoms with E-state index in [0.29, 0.717) is 31.7 Å². The number of amides is 2. The lowest BCUT2D eigenvalue weighted by atomic mass is 10.1. The Morgan fingerprint density at radius 2 is 1.41 bits per heavy atom. The molecule has 2 aliphatic heterocycles. The van der Waals surface area contributed by atoms with Crippen molar-refractivity contribution in [1.82, 2.24) is 14.7 Å². The van der Waals surface area contributed by atoms with Gasteiger partial charge in [-0.05, 0) is 50.2 Å². The van der Waals surface area contributed by atoms with E-state index in [1.807, 2.05) is 6.07 Å². The van der Waals surface area contributed by atoms with Crippen LogP contribution in [0, 0.1) is 10.1 Å². The van der Waals surface area contributed by atoms with Crippen molar-refractivity contribution in [2.45, 2.75) is 32.2 Å². The number of nitrogens with zero attached hydrogens (tertiary/aromatic N) is 4. The number of nitro groups is 1. The number of non-ortho nitro benzene ring substituents is 1. The van der Waals surface area contributed by atoms with Crippen LogP contribution in [0.4, 0.5) is 5.69 Å². The minimum Gasteiger partial charge on any atom is -0.335 e. The van der Waals surface area contributed by atoms with Crippen LogP contribution < -0.4 is 0 Å². The molecule has 2 aromatic rings. The Balaban J connectivity index is 1.30. The number of piperazine rings is 1. The highest BCUT2D eigenvalue weighted by Gasteiger charge is 2.26. The summed E-state index contributed by atoms with van der Waals surface area (Å²) in [5.74, 6) is -0.137. The van der Waals surface area contributed by atoms with Crippen LogP contribution in [0.15, 0.2) is 36.4 Å². The summed E-state index contributed by atoms with van der Waals surface area (Å²) in [7, 11) is 0. The Kier molecular flexibility index (Phi) is 7.16. The Hall–Kier alpha value is -2.78. The first-order valence-electron chi connectivity index (χ1n) is 11.2. The zero-order chi connectivity index (χ0) is 22.5. The van der Waals surface area contributed by atoms with Gasteiger partial charge >= 0.3 is 0 Å². The summed E-state index contributed by atoms with van der Waals surface area (Å²) in [6, 6.07) is 9.64. The van der Waals surface area contributed by atoms with Gasteiger partial charge in [-0.1, -0.05) is 12.8 Å². The van der Waals surface area contributed by atoms with E-state index in [1.54, 1.807) is 21.1 Å². The molecule has 0 N–H and O–H groups in total. The first kappa shape index (κ1) is 22.4. The second-order valence-electron chi connectivity index (χ2n) is 8.34. The highest BCUT2D eigenvalue weighted by atomic mass is 32.1. The van der Waals surface area contributed by atoms with E-state index >= 15 is 0 Å². The zero-order valence-electron chi connectivity index (χ0n) is 18.1. The molecule has 1 aromatic carbocycles. The summed E-state index contributed by atoms with van der Waals surface area (Å²) >= 11 is 1.57. The molecule has 9 heteroatoms. The number of likely N-dealkylation sites (tertiary alicyclic amines) is 1. The fourth-order valence-corrected chi connectivity index (χ4v) is 5.29. The van der Waals surface area contributed by atoms with E-state index in [0.717, 1.165) is 24.5 Å². The van der Waals surface area contributed by atoms with Crippen LogP contribution >= 0.6 is 11.3 Å². The van der Waals surface area contributed by atoms with Crippen molar-refractivity contribution >= 4 is 28.8 Å². The summed E-state index contributed by atoms with van der Waals surface area (Å²) in [6.07, 6.45) is 5.12. The van der Waals surface area contributed by atoms with Crippen molar-refractivity contribution in [2.75, 3.05) is 39.3 Å². The van der Waals surface area contributed by atoms with Crippen LogP contribution in [0.25, 0.3) is 0 Å². The maximum absolute atomic E-state index is 13.0. The summed E-state index contributed by atoms with van der Waals surface area (Å²) in [4.78, 5) is 43.9. The molecule has 1 aromatic heterocycles. The lowest BCUT2D eigenvalue weighted by molar-refractivity contribution is -0.384. The fourth-order valence-electron chi connectivity index (χ4n) is 4.27. The third-order valence-electron chi connectivity index (χ3n) is 6.13. The van der Waals surface area contributed by atoms with Gasteiger partial charge in [-0.3, -0.25) is 24.6 Å². The molecule has 0 aliphatic carbocycles. The van der Waals surface area contributed by atoms with Gasteiger partial charge in [-0.25, -0.2) is 0 Å². The van der Waals surface area contributed by atoms with Gasteiger partial charge in [-0.15, -0.1) is 11.3 Å². The average Bonchev–Trinajstić information content (AvgIpc) is 3.13. The van der Waals surface area contributed by atoms with Crippen LogP contribution in [-0.4, -0.2) is 70.7 Å². The van der Waals surface area contributed by atoms with Crippen molar-refractivity contribution < 1.29 is 14.5 Å². The molecular formula is C23H28N4O4S. The number of carbonyl (C=O) groups excluding carboxylic acids is 2. The van der Waals surface area contributed by atoms with Crippen molar-refractivity contribution in [3.05, 3.63) is 61.8 Å². The van der Waals surface area contributed by atoms with Crippen molar-refractivity contribution in [1.29, 1.82) is 0 Å². The highest BCUT2D eigenvalue weighted by Crippen LogP contribution is 2.23. The normalized spacial score (nSPS) is 17.8. The van der Waals surface area contributed by atoms with E-state index in [1.165, 1.54) is 54.8 Å². The van der Waals surface area contributed by atoms with Gasteiger partial charge in [-0.2, -0.15) is 0 Å². The predicted octanol–water partition coefficient (Wildman–Crippen LogP) is 3.63. The number of carbonyl (C=O) groups is 2. The average molecular weight is 457 g/mol. The van der Waals surface area contributed by atoms with Gasteiger partial charge in [0.1, 0.15) is 0 Å². The largest absolute Gasteiger partial charge is 0.335 e. The molecule has 3 heterocycles. The molecule has 0 bridgehead atoms. The summed E-state index contributed by atoms with van der Waals surface area (Å²) < 4.78 is 0. The lowest BCUT2D eigenvalue weighted by Gasteiger charge is -2.34. The summed E-state index contributed by atoms with van der Waals surface area (Å²) in [5.41, 5.74) is 0.384. The van der Waals surface area contributed by atoms with Crippen molar-refractivity contribution in [2.24, 2.45) is 0 Å². The molecule has 170 valence electrons. The number of hydrogen-bond acceptors (Lipinski definition) is 6. The minimum atomic E-state index is -0.484. The third kappa shape index (κ3) is 5.34. The number of rotatable bonds is 5. The zero-order valence-corrected chi connectivity index (χ0v) is 18.9. The molecular weight excluding hydrogens is 428 g/mol. The van der Waals surface area contributed by atoms with E-state index in [4.69, 9.17) is 0 Å². The molecule has 2 aliphatic rings. The fraction of sp³-hybridized carbons (Fsp3) is 0.478. The Morgan fingerprint density at radius 3 is 2.00 bits per heavy atom. The molecule has 0 atom stereocenters. The molecule has 32 heavy (non-hydrogen) atoms. The summed E-state index contributed by atoms with van der Waals surface area (Å²) in [6.45, 7) is 5.04. The van der Waals surface area contributed by atoms with Gasteiger partial charge in [0.05, 0.1) is 9.80 Å². The van der Waals surface area contributed by atoms with E-state index in [9.17, 15) is 19.7 Å². The quantitative estimate of drug-likeness (QED) is 0.507. The standard InChI is InChI=1S/C23H28N4O4S/c28-22(18-5-7-19(8-6-18)27(30)31)25-13-15-26(16-14-25)23(29)21-10-9-20(32-21)17-24-11-3-1-2-4-12-24/h5-10H,1-4,11-17H2. The van der Waals surface area contributed by atoms with E-state index in [-0.39, 0.29) is 17.5 Å². The van der Waals surface area contributed by atoms with Gasteiger partial charge in [0.15, 0.2) is 0 Å². The first-order chi connectivity index (χ1) is 15.5. The molecule has 0 radical (unpaired) electrons. The second kappa shape index (κ2) is 10.2. The van der Waals surface area contributed by atoms with Gasteiger partial charge in [0.25, 0.3) is 17.5 Å². The number of thiophene rings is 1. The lowest BCUT2D eigenvalue weighted by Crippen LogP contribution is -2.50. The molecule has 2 amide bonds. The number of nitro benzene ring substituents is 1. The topological polar surface area (TPSA) is 87.0 Å². The molecule has 2 fully saturated rings. The maximum atomic E-state index is 13.0. The number of hydrogen-bond donors (Lipinski definition) is 0. The second-order valence-corrected chi connectivity index (χ2v) is 9.51. The van der Waals surface area contributed by atoms with Crippen molar-refractivity contribution in [3.8, 4) is 0 Å². The van der Waals surface area contributed by atoms with E-state index in [2.05, 4.69) is 11.0 Å². The third-order valence-corrected chi connectivity index (χ3v) is 7.19. The van der Waals surface area contributed by atoms with E-state index < -0.39 is 4.92 Å². The highest BCUT2D eigenvalue weighted by molar-refractivity contribution is 7.14. The van der Waals surface area contributed by atoms with Crippen LogP contribution in [0.2, 0.25) is 0 Å². The maximum Gasteiger partial charge on any atom is 0.269 e. The molecule has 0 unspecified atom stereocenters. The summed E-state index contributed by atoms with van der Waals surface area (Å²) in [5, 5.41) is 10.8. The monoisotopic (exact) mass is 456 g/mol. The Bertz CT molecular complexity index is 959. The first-order valence-corrected chi connectivity index (χ1v) is 12.0.